The third kappa shape index (κ3) is 5.20. The Morgan fingerprint density at radius 1 is 1.28 bits per heavy atom. The number of halogens is 2. The molecular formula is C26H25ClFN7O4. The van der Waals surface area contributed by atoms with Crippen LogP contribution in [0.15, 0.2) is 53.2 Å². The summed E-state index contributed by atoms with van der Waals surface area (Å²) in [5.41, 5.74) is 0.536. The summed E-state index contributed by atoms with van der Waals surface area (Å²) in [6, 6.07) is 8.29. The van der Waals surface area contributed by atoms with Crippen LogP contribution in [0.2, 0.25) is 5.02 Å². The first-order valence-corrected chi connectivity index (χ1v) is 12.5. The Bertz CT molecular complexity index is 1540. The van der Waals surface area contributed by atoms with Crippen molar-refractivity contribution in [2.75, 3.05) is 18.5 Å². The van der Waals surface area contributed by atoms with E-state index < -0.39 is 29.7 Å². The molecule has 202 valence electrons. The van der Waals surface area contributed by atoms with Crippen LogP contribution in [0.25, 0.3) is 11.5 Å². The lowest BCUT2D eigenvalue weighted by Gasteiger charge is -2.32. The lowest BCUT2D eigenvalue weighted by atomic mass is 10.0. The number of fused-ring (bicyclic) bond motifs is 1. The maximum absolute atomic E-state index is 15.6. The van der Waals surface area contributed by atoms with Gasteiger partial charge in [0.15, 0.2) is 11.6 Å². The van der Waals surface area contributed by atoms with Crippen LogP contribution in [0.5, 0.6) is 0 Å². The largest absolute Gasteiger partial charge is 0.455 e. The standard InChI is InChI=1S/C26H25ClFN7O4/c1-14(24(37)31-18(13-36)15-4-3-5-16(27)12-15)35-11-8-19-21(25(35)38)22(28)23(39-19)17-6-9-29-26(32-17)33-20-7-10-30-34(20)2/h3-7,9-10,12,14,18,36H,8,11,13H2,1-2H3,(H,31,37)(H,29,32,33)/t14-,18-/m1/s1. The van der Waals surface area contributed by atoms with E-state index in [2.05, 4.69) is 25.7 Å². The van der Waals surface area contributed by atoms with Crippen molar-refractivity contribution < 1.29 is 23.5 Å². The number of benzene rings is 1. The topological polar surface area (TPSA) is 138 Å². The Labute approximate surface area is 227 Å². The molecule has 4 aromatic rings. The molecule has 2 atom stereocenters. The molecule has 0 fully saturated rings. The molecule has 3 aromatic heterocycles. The number of anilines is 2. The van der Waals surface area contributed by atoms with Gasteiger partial charge in [0, 0.05) is 37.3 Å². The van der Waals surface area contributed by atoms with Crippen molar-refractivity contribution >= 4 is 35.2 Å². The molecular weight excluding hydrogens is 529 g/mol. The first-order valence-electron chi connectivity index (χ1n) is 12.1. The quantitative estimate of drug-likeness (QED) is 0.302. The number of hydrogen-bond donors (Lipinski definition) is 3. The van der Waals surface area contributed by atoms with Gasteiger partial charge in [-0.1, -0.05) is 23.7 Å². The van der Waals surface area contributed by atoms with Gasteiger partial charge >= 0.3 is 0 Å². The minimum absolute atomic E-state index is 0.144. The van der Waals surface area contributed by atoms with Gasteiger partial charge in [0.25, 0.3) is 5.91 Å². The number of furan rings is 1. The zero-order chi connectivity index (χ0) is 27.7. The first kappa shape index (κ1) is 26.3. The Morgan fingerprint density at radius 3 is 2.82 bits per heavy atom. The van der Waals surface area contributed by atoms with E-state index >= 15 is 4.39 Å². The van der Waals surface area contributed by atoms with E-state index in [-0.39, 0.29) is 48.3 Å². The first-order chi connectivity index (χ1) is 18.8. The van der Waals surface area contributed by atoms with Crippen LogP contribution in [-0.4, -0.2) is 60.8 Å². The molecule has 0 unspecified atom stereocenters. The van der Waals surface area contributed by atoms with Crippen LogP contribution in [0.3, 0.4) is 0 Å². The maximum atomic E-state index is 15.6. The number of carbonyl (C=O) groups excluding carboxylic acids is 2. The molecule has 0 spiro atoms. The zero-order valence-corrected chi connectivity index (χ0v) is 21.8. The molecule has 0 saturated carbocycles. The third-order valence-electron chi connectivity index (χ3n) is 6.52. The third-order valence-corrected chi connectivity index (χ3v) is 6.76. The fourth-order valence-corrected chi connectivity index (χ4v) is 4.59. The van der Waals surface area contributed by atoms with Crippen LogP contribution >= 0.6 is 11.6 Å². The second-order valence-electron chi connectivity index (χ2n) is 9.00. The highest BCUT2D eigenvalue weighted by Gasteiger charge is 2.38. The zero-order valence-electron chi connectivity index (χ0n) is 21.1. The van der Waals surface area contributed by atoms with E-state index in [1.807, 2.05) is 0 Å². The van der Waals surface area contributed by atoms with E-state index in [1.165, 1.54) is 17.2 Å². The predicted molar refractivity (Wildman–Crippen MR) is 140 cm³/mol. The van der Waals surface area contributed by atoms with Crippen LogP contribution in [0, 0.1) is 5.82 Å². The highest BCUT2D eigenvalue weighted by Crippen LogP contribution is 2.34. The Kier molecular flexibility index (Phi) is 7.31. The fraction of sp³-hybridized carbons (Fsp3) is 0.269. The molecule has 39 heavy (non-hydrogen) atoms. The van der Waals surface area contributed by atoms with Crippen molar-refractivity contribution in [3.8, 4) is 11.5 Å². The van der Waals surface area contributed by atoms with E-state index in [1.54, 1.807) is 55.2 Å². The van der Waals surface area contributed by atoms with Crippen LogP contribution < -0.4 is 10.6 Å². The molecule has 2 amide bonds. The van der Waals surface area contributed by atoms with Gasteiger partial charge in [-0.3, -0.25) is 14.3 Å². The van der Waals surface area contributed by atoms with Crippen molar-refractivity contribution in [2.45, 2.75) is 25.4 Å². The van der Waals surface area contributed by atoms with E-state index in [9.17, 15) is 14.7 Å². The number of aryl methyl sites for hydroxylation is 1. The van der Waals surface area contributed by atoms with Gasteiger partial charge < -0.3 is 25.1 Å². The molecule has 4 heterocycles. The molecule has 5 rings (SSSR count). The molecule has 1 aliphatic rings. The molecule has 0 aliphatic carbocycles. The molecule has 1 aromatic carbocycles. The SMILES string of the molecule is C[C@H](C(=O)N[C@H](CO)c1cccc(Cl)c1)N1CCc2oc(-c3ccnc(Nc4ccnn4C)n3)c(F)c2C1=O. The van der Waals surface area contributed by atoms with E-state index in [4.69, 9.17) is 16.0 Å². The predicted octanol–water partition coefficient (Wildman–Crippen LogP) is 3.24. The molecule has 11 nitrogen and oxygen atoms in total. The van der Waals surface area contributed by atoms with Gasteiger partial charge in [0.1, 0.15) is 28.9 Å². The number of carbonyl (C=O) groups is 2. The van der Waals surface area contributed by atoms with Crippen molar-refractivity contribution in [2.24, 2.45) is 7.05 Å². The number of aliphatic hydroxyl groups excluding tert-OH is 1. The minimum Gasteiger partial charge on any atom is -0.455 e. The number of hydrogen-bond acceptors (Lipinski definition) is 8. The number of nitrogens with one attached hydrogen (secondary N) is 2. The number of nitrogens with zero attached hydrogens (tertiary/aromatic N) is 5. The average Bonchev–Trinajstić information content (AvgIpc) is 3.49. The van der Waals surface area contributed by atoms with Gasteiger partial charge in [0.2, 0.25) is 11.9 Å². The summed E-state index contributed by atoms with van der Waals surface area (Å²) in [6.45, 7) is 1.32. The summed E-state index contributed by atoms with van der Waals surface area (Å²) >= 11 is 6.03. The highest BCUT2D eigenvalue weighted by atomic mass is 35.5. The summed E-state index contributed by atoms with van der Waals surface area (Å²) < 4.78 is 22.9. The van der Waals surface area contributed by atoms with Gasteiger partial charge in [-0.2, -0.15) is 5.10 Å². The van der Waals surface area contributed by atoms with Crippen LogP contribution in [0.1, 0.15) is 34.6 Å². The summed E-state index contributed by atoms with van der Waals surface area (Å²) in [5.74, 6) is -1.21. The molecule has 13 heteroatoms. The lowest BCUT2D eigenvalue weighted by Crippen LogP contribution is -2.51. The summed E-state index contributed by atoms with van der Waals surface area (Å²) in [4.78, 5) is 36.1. The van der Waals surface area contributed by atoms with Crippen molar-refractivity contribution in [1.29, 1.82) is 0 Å². The van der Waals surface area contributed by atoms with Gasteiger partial charge in [0.05, 0.1) is 18.8 Å². The van der Waals surface area contributed by atoms with Gasteiger partial charge in [-0.15, -0.1) is 0 Å². The highest BCUT2D eigenvalue weighted by molar-refractivity contribution is 6.30. The lowest BCUT2D eigenvalue weighted by molar-refractivity contribution is -0.126. The van der Waals surface area contributed by atoms with E-state index in [0.717, 1.165) is 0 Å². The average molecular weight is 554 g/mol. The summed E-state index contributed by atoms with van der Waals surface area (Å²) in [7, 11) is 1.74. The molecule has 0 bridgehead atoms. The van der Waals surface area contributed by atoms with Gasteiger partial charge in [-0.05, 0) is 30.7 Å². The van der Waals surface area contributed by atoms with Crippen molar-refractivity contribution in [1.82, 2.24) is 30.0 Å². The van der Waals surface area contributed by atoms with E-state index in [0.29, 0.717) is 16.4 Å². The summed E-state index contributed by atoms with van der Waals surface area (Å²) in [5, 5.41) is 20.1. The Morgan fingerprint density at radius 2 is 2.10 bits per heavy atom. The number of aromatic nitrogens is 4. The fourth-order valence-electron chi connectivity index (χ4n) is 4.39. The number of amides is 2. The Balaban J connectivity index is 1.34. The van der Waals surface area contributed by atoms with Crippen molar-refractivity contribution in [3.63, 3.8) is 0 Å². The monoisotopic (exact) mass is 553 g/mol. The summed E-state index contributed by atoms with van der Waals surface area (Å²) in [6.07, 6.45) is 3.25. The molecule has 3 N–H and O–H groups in total. The number of aliphatic hydroxyl groups is 1. The van der Waals surface area contributed by atoms with Gasteiger partial charge in [-0.25, -0.2) is 14.4 Å². The molecule has 1 aliphatic heterocycles. The maximum Gasteiger partial charge on any atom is 0.261 e. The smallest absolute Gasteiger partial charge is 0.261 e. The minimum atomic E-state index is -0.939. The van der Waals surface area contributed by atoms with Crippen molar-refractivity contribution in [3.05, 3.63) is 76.5 Å². The van der Waals surface area contributed by atoms with Crippen LogP contribution in [0.4, 0.5) is 16.2 Å². The number of rotatable bonds is 8. The van der Waals surface area contributed by atoms with Crippen LogP contribution in [-0.2, 0) is 18.3 Å². The molecule has 0 radical (unpaired) electrons. The second kappa shape index (κ2) is 10.8. The Hall–Kier alpha value is -4.29. The normalized spacial score (nSPS) is 14.6. The second-order valence-corrected chi connectivity index (χ2v) is 9.43. The molecule has 0 saturated heterocycles.